The molecule has 15 heavy (non-hydrogen) atoms. The highest BCUT2D eigenvalue weighted by Crippen LogP contribution is 2.49. The molecule has 1 aromatic rings. The van der Waals surface area contributed by atoms with Crippen LogP contribution in [0.25, 0.3) is 5.57 Å². The minimum absolute atomic E-state index is 0.542. The summed E-state index contributed by atoms with van der Waals surface area (Å²) in [6.45, 7) is 0. The second kappa shape index (κ2) is 3.10. The van der Waals surface area contributed by atoms with Crippen molar-refractivity contribution < 1.29 is 5.11 Å². The van der Waals surface area contributed by atoms with Crippen molar-refractivity contribution in [3.05, 3.63) is 40.4 Å². The lowest BCUT2D eigenvalue weighted by atomic mass is 9.87. The van der Waals surface area contributed by atoms with Crippen molar-refractivity contribution in [1.82, 2.24) is 0 Å². The highest BCUT2D eigenvalue weighted by Gasteiger charge is 2.45. The van der Waals surface area contributed by atoms with Crippen LogP contribution in [0.5, 0.6) is 0 Å². The number of hydrogen-bond acceptors (Lipinski definition) is 1. The predicted octanol–water partition coefficient (Wildman–Crippen LogP) is 3.19. The topological polar surface area (TPSA) is 20.2 Å². The third-order valence-electron chi connectivity index (χ3n) is 3.38. The molecule has 0 heterocycles. The van der Waals surface area contributed by atoms with E-state index in [0.29, 0.717) is 0 Å². The van der Waals surface area contributed by atoms with E-state index in [1.807, 2.05) is 12.1 Å². The standard InChI is InChI=1S/C13H13ClO/c14-12-6-2-3-9-10(12)4-1-5-11(9)13(15)7-8-13/h2-3,5-6,15H,1,4,7-8H2. The molecule has 0 aliphatic heterocycles. The minimum Gasteiger partial charge on any atom is -0.385 e. The first-order chi connectivity index (χ1) is 7.21. The zero-order valence-corrected chi connectivity index (χ0v) is 9.22. The van der Waals surface area contributed by atoms with E-state index >= 15 is 0 Å². The third-order valence-corrected chi connectivity index (χ3v) is 3.73. The number of fused-ring (bicyclic) bond motifs is 1. The van der Waals surface area contributed by atoms with Crippen molar-refractivity contribution in [2.24, 2.45) is 0 Å². The molecular formula is C13H13ClO. The molecule has 78 valence electrons. The zero-order valence-electron chi connectivity index (χ0n) is 8.46. The molecule has 2 aliphatic rings. The lowest BCUT2D eigenvalue weighted by Crippen LogP contribution is -2.14. The van der Waals surface area contributed by atoms with E-state index in [0.717, 1.165) is 41.8 Å². The van der Waals surface area contributed by atoms with Crippen LogP contribution in [0.3, 0.4) is 0 Å². The van der Waals surface area contributed by atoms with E-state index < -0.39 is 5.60 Å². The lowest BCUT2D eigenvalue weighted by Gasteiger charge is -2.22. The normalized spacial score (nSPS) is 21.9. The fourth-order valence-electron chi connectivity index (χ4n) is 2.36. The minimum atomic E-state index is -0.542. The maximum absolute atomic E-state index is 10.2. The monoisotopic (exact) mass is 220 g/mol. The van der Waals surface area contributed by atoms with Gasteiger partial charge in [0.1, 0.15) is 0 Å². The Balaban J connectivity index is 2.14. The average molecular weight is 221 g/mol. The molecule has 0 atom stereocenters. The zero-order chi connectivity index (χ0) is 10.5. The Morgan fingerprint density at radius 2 is 2.07 bits per heavy atom. The Bertz CT molecular complexity index is 444. The summed E-state index contributed by atoms with van der Waals surface area (Å²) < 4.78 is 0. The van der Waals surface area contributed by atoms with Gasteiger partial charge in [-0.25, -0.2) is 0 Å². The van der Waals surface area contributed by atoms with Gasteiger partial charge in [-0.15, -0.1) is 0 Å². The summed E-state index contributed by atoms with van der Waals surface area (Å²) in [5, 5.41) is 11.0. The van der Waals surface area contributed by atoms with Gasteiger partial charge < -0.3 is 5.11 Å². The van der Waals surface area contributed by atoms with Crippen molar-refractivity contribution in [1.29, 1.82) is 0 Å². The first-order valence-corrected chi connectivity index (χ1v) is 5.79. The van der Waals surface area contributed by atoms with Crippen LogP contribution < -0.4 is 0 Å². The van der Waals surface area contributed by atoms with Crippen LogP contribution in [-0.2, 0) is 6.42 Å². The van der Waals surface area contributed by atoms with E-state index in [4.69, 9.17) is 11.6 Å². The fourth-order valence-corrected chi connectivity index (χ4v) is 2.63. The van der Waals surface area contributed by atoms with Gasteiger partial charge in [0.15, 0.2) is 0 Å². The van der Waals surface area contributed by atoms with Crippen LogP contribution in [0.15, 0.2) is 24.3 Å². The molecule has 0 aromatic heterocycles. The van der Waals surface area contributed by atoms with Crippen LogP contribution in [0.4, 0.5) is 0 Å². The quantitative estimate of drug-likeness (QED) is 0.771. The van der Waals surface area contributed by atoms with Gasteiger partial charge in [-0.3, -0.25) is 0 Å². The molecule has 0 saturated heterocycles. The van der Waals surface area contributed by atoms with Gasteiger partial charge in [0.05, 0.1) is 5.60 Å². The number of hydrogen-bond donors (Lipinski definition) is 1. The maximum Gasteiger partial charge on any atom is 0.0901 e. The summed E-state index contributed by atoms with van der Waals surface area (Å²) in [4.78, 5) is 0. The number of aliphatic hydroxyl groups is 1. The summed E-state index contributed by atoms with van der Waals surface area (Å²) in [7, 11) is 0. The van der Waals surface area contributed by atoms with Gasteiger partial charge in [0, 0.05) is 5.02 Å². The van der Waals surface area contributed by atoms with Crippen LogP contribution >= 0.6 is 11.6 Å². The molecule has 0 unspecified atom stereocenters. The third kappa shape index (κ3) is 1.42. The van der Waals surface area contributed by atoms with Crippen LogP contribution in [0.1, 0.15) is 30.4 Å². The average Bonchev–Trinajstić information content (AvgIpc) is 2.98. The smallest absolute Gasteiger partial charge is 0.0901 e. The lowest BCUT2D eigenvalue weighted by molar-refractivity contribution is 0.211. The van der Waals surface area contributed by atoms with Gasteiger partial charge in [-0.2, -0.15) is 0 Å². The SMILES string of the molecule is OC1(C2=CCCc3c(Cl)cccc32)CC1. The Hall–Kier alpha value is -0.790. The van der Waals surface area contributed by atoms with E-state index in [1.165, 1.54) is 5.56 Å². The summed E-state index contributed by atoms with van der Waals surface area (Å²) >= 11 is 6.17. The van der Waals surface area contributed by atoms with Crippen molar-refractivity contribution in [2.45, 2.75) is 31.3 Å². The first-order valence-electron chi connectivity index (χ1n) is 5.41. The summed E-state index contributed by atoms with van der Waals surface area (Å²) in [5.74, 6) is 0. The Kier molecular flexibility index (Phi) is 1.95. The predicted molar refractivity (Wildman–Crippen MR) is 61.9 cm³/mol. The largest absolute Gasteiger partial charge is 0.385 e. The van der Waals surface area contributed by atoms with Crippen molar-refractivity contribution in [2.75, 3.05) is 0 Å². The van der Waals surface area contributed by atoms with Crippen LogP contribution in [0, 0.1) is 0 Å². The van der Waals surface area contributed by atoms with E-state index in [2.05, 4.69) is 12.1 Å². The second-order valence-electron chi connectivity index (χ2n) is 4.45. The molecule has 1 aromatic carbocycles. The van der Waals surface area contributed by atoms with Crippen LogP contribution in [0.2, 0.25) is 5.02 Å². The molecule has 1 fully saturated rings. The fraction of sp³-hybridized carbons (Fsp3) is 0.385. The summed E-state index contributed by atoms with van der Waals surface area (Å²) in [6.07, 6.45) is 5.95. The van der Waals surface area contributed by atoms with Gasteiger partial charge in [-0.05, 0) is 48.4 Å². The Morgan fingerprint density at radius 1 is 1.27 bits per heavy atom. The molecule has 0 spiro atoms. The maximum atomic E-state index is 10.2. The number of rotatable bonds is 1. The molecule has 2 heteroatoms. The van der Waals surface area contributed by atoms with Gasteiger partial charge >= 0.3 is 0 Å². The molecule has 1 saturated carbocycles. The van der Waals surface area contributed by atoms with Crippen LogP contribution in [-0.4, -0.2) is 10.7 Å². The number of halogens is 1. The highest BCUT2D eigenvalue weighted by molar-refractivity contribution is 6.31. The molecule has 2 aliphatic carbocycles. The van der Waals surface area contributed by atoms with Gasteiger partial charge in [-0.1, -0.05) is 29.8 Å². The van der Waals surface area contributed by atoms with E-state index in [1.54, 1.807) is 0 Å². The number of benzene rings is 1. The Morgan fingerprint density at radius 3 is 2.80 bits per heavy atom. The van der Waals surface area contributed by atoms with Gasteiger partial charge in [0.25, 0.3) is 0 Å². The summed E-state index contributed by atoms with van der Waals surface area (Å²) in [5.41, 5.74) is 2.93. The second-order valence-corrected chi connectivity index (χ2v) is 4.86. The number of allylic oxidation sites excluding steroid dienone is 1. The van der Waals surface area contributed by atoms with Crippen molar-refractivity contribution in [3.8, 4) is 0 Å². The molecule has 0 bridgehead atoms. The molecule has 1 nitrogen and oxygen atoms in total. The molecule has 3 rings (SSSR count). The first kappa shape index (κ1) is 9.44. The van der Waals surface area contributed by atoms with E-state index in [9.17, 15) is 5.11 Å². The molecule has 1 N–H and O–H groups in total. The van der Waals surface area contributed by atoms with E-state index in [-0.39, 0.29) is 0 Å². The van der Waals surface area contributed by atoms with Gasteiger partial charge in [0.2, 0.25) is 0 Å². The van der Waals surface area contributed by atoms with Crippen molar-refractivity contribution >= 4 is 17.2 Å². The Labute approximate surface area is 94.4 Å². The highest BCUT2D eigenvalue weighted by atomic mass is 35.5. The van der Waals surface area contributed by atoms with Crippen molar-refractivity contribution in [3.63, 3.8) is 0 Å². The molecular weight excluding hydrogens is 208 g/mol. The molecule has 0 radical (unpaired) electrons. The summed E-state index contributed by atoms with van der Waals surface area (Å²) in [6, 6.07) is 5.97. The molecule has 0 amide bonds.